The molecule has 0 bridgehead atoms. The van der Waals surface area contributed by atoms with Crippen LogP contribution in [0.15, 0.2) is 27.7 Å². The van der Waals surface area contributed by atoms with Crippen molar-refractivity contribution < 1.29 is 9.21 Å². The molecule has 1 amide bonds. The van der Waals surface area contributed by atoms with Gasteiger partial charge in [0.1, 0.15) is 17.5 Å². The van der Waals surface area contributed by atoms with Crippen molar-refractivity contribution in [2.24, 2.45) is 5.92 Å². The molecular formula is C19H26N4O3S. The number of nitrogens with zero attached hydrogens (tertiary/aromatic N) is 3. The average Bonchev–Trinajstić information content (AvgIpc) is 3.27. The highest BCUT2D eigenvalue weighted by Gasteiger charge is 2.15. The largest absolute Gasteiger partial charge is 0.432 e. The zero-order valence-corrected chi connectivity index (χ0v) is 17.2. The highest BCUT2D eigenvalue weighted by atomic mass is 32.1. The monoisotopic (exact) mass is 390 g/mol. The highest BCUT2D eigenvalue weighted by molar-refractivity contribution is 7.18. The molecule has 0 aromatic carbocycles. The standard InChI is InChI=1S/C14H14N4O3S.C5H12/c1-3-10-9-6-8(2)22-12(9)13(20)18(17-10)7-11(19)16-14-15-4-5-21-14;1-4-5(2)3/h4-6H,3,7H2,1-2H3,(H,15,16,19);5H,4H2,1-3H3. The second kappa shape index (κ2) is 9.45. The van der Waals surface area contributed by atoms with E-state index in [2.05, 4.69) is 36.2 Å². The van der Waals surface area contributed by atoms with E-state index in [1.807, 2.05) is 19.9 Å². The molecule has 0 unspecified atom stereocenters. The number of oxazole rings is 1. The topological polar surface area (TPSA) is 90.0 Å². The van der Waals surface area contributed by atoms with Crippen molar-refractivity contribution in [3.63, 3.8) is 0 Å². The van der Waals surface area contributed by atoms with Crippen molar-refractivity contribution in [3.8, 4) is 0 Å². The van der Waals surface area contributed by atoms with E-state index >= 15 is 0 Å². The van der Waals surface area contributed by atoms with Crippen LogP contribution in [0.2, 0.25) is 0 Å². The minimum Gasteiger partial charge on any atom is -0.432 e. The zero-order chi connectivity index (χ0) is 20.0. The summed E-state index contributed by atoms with van der Waals surface area (Å²) in [4.78, 5) is 29.3. The van der Waals surface area contributed by atoms with E-state index in [0.717, 1.165) is 21.9 Å². The Kier molecular flexibility index (Phi) is 7.29. The van der Waals surface area contributed by atoms with Crippen molar-refractivity contribution >= 4 is 33.3 Å². The number of thiophene rings is 1. The van der Waals surface area contributed by atoms with Gasteiger partial charge in [-0.05, 0) is 25.3 Å². The summed E-state index contributed by atoms with van der Waals surface area (Å²) in [5.74, 6) is 0.474. The van der Waals surface area contributed by atoms with E-state index in [-0.39, 0.29) is 18.1 Å². The third-order valence-corrected chi connectivity index (χ3v) is 5.00. The van der Waals surface area contributed by atoms with Gasteiger partial charge < -0.3 is 4.42 Å². The van der Waals surface area contributed by atoms with Gasteiger partial charge in [0.2, 0.25) is 5.91 Å². The van der Waals surface area contributed by atoms with Crippen LogP contribution >= 0.6 is 11.3 Å². The van der Waals surface area contributed by atoms with Crippen molar-refractivity contribution in [2.45, 2.75) is 54.0 Å². The Balaban J connectivity index is 0.000000465. The number of hydrogen-bond acceptors (Lipinski definition) is 6. The Hall–Kier alpha value is -2.48. The van der Waals surface area contributed by atoms with Crippen LogP contribution in [0.3, 0.4) is 0 Å². The summed E-state index contributed by atoms with van der Waals surface area (Å²) in [6.07, 6.45) is 4.78. The van der Waals surface area contributed by atoms with E-state index in [9.17, 15) is 9.59 Å². The number of rotatable bonds is 5. The smallest absolute Gasteiger partial charge is 0.301 e. The van der Waals surface area contributed by atoms with Gasteiger partial charge in [-0.15, -0.1) is 11.3 Å². The summed E-state index contributed by atoms with van der Waals surface area (Å²) >= 11 is 1.42. The first kappa shape index (κ1) is 20.8. The van der Waals surface area contributed by atoms with E-state index in [1.54, 1.807) is 0 Å². The SMILES string of the molecule is CCC(C)C.CCc1nn(CC(=O)Nc2ncco2)c(=O)c2sc(C)cc12. The third-order valence-electron chi connectivity index (χ3n) is 3.96. The number of hydrogen-bond donors (Lipinski definition) is 1. The van der Waals surface area contributed by atoms with Crippen LogP contribution in [0.4, 0.5) is 6.01 Å². The molecule has 3 aromatic rings. The molecule has 0 saturated heterocycles. The van der Waals surface area contributed by atoms with Crippen LogP contribution in [-0.4, -0.2) is 20.7 Å². The van der Waals surface area contributed by atoms with Gasteiger partial charge in [0.25, 0.3) is 5.56 Å². The number of anilines is 1. The van der Waals surface area contributed by atoms with Gasteiger partial charge in [0, 0.05) is 10.3 Å². The van der Waals surface area contributed by atoms with E-state index in [4.69, 9.17) is 4.42 Å². The lowest BCUT2D eigenvalue weighted by Gasteiger charge is -2.07. The maximum atomic E-state index is 12.4. The number of fused-ring (bicyclic) bond motifs is 1. The Morgan fingerprint density at radius 1 is 1.37 bits per heavy atom. The molecule has 7 nitrogen and oxygen atoms in total. The first-order valence-corrected chi connectivity index (χ1v) is 9.86. The number of carbonyl (C=O) groups is 1. The van der Waals surface area contributed by atoms with Crippen LogP contribution < -0.4 is 10.9 Å². The fourth-order valence-electron chi connectivity index (χ4n) is 2.20. The summed E-state index contributed by atoms with van der Waals surface area (Å²) in [6.45, 7) is 10.4. The summed E-state index contributed by atoms with van der Waals surface area (Å²) < 4.78 is 6.76. The number of nitrogens with one attached hydrogen (secondary N) is 1. The molecule has 0 aliphatic heterocycles. The van der Waals surface area contributed by atoms with Crippen LogP contribution in [-0.2, 0) is 17.8 Å². The molecule has 146 valence electrons. The van der Waals surface area contributed by atoms with E-state index < -0.39 is 5.91 Å². The van der Waals surface area contributed by atoms with Gasteiger partial charge in [0.05, 0.1) is 11.9 Å². The third kappa shape index (κ3) is 5.50. The Morgan fingerprint density at radius 2 is 2.07 bits per heavy atom. The van der Waals surface area contributed by atoms with Gasteiger partial charge in [-0.3, -0.25) is 14.9 Å². The Morgan fingerprint density at radius 3 is 2.63 bits per heavy atom. The maximum absolute atomic E-state index is 12.4. The molecule has 0 aliphatic carbocycles. The molecule has 0 saturated carbocycles. The number of aromatic nitrogens is 3. The van der Waals surface area contributed by atoms with Gasteiger partial charge in [0.15, 0.2) is 0 Å². The highest BCUT2D eigenvalue weighted by Crippen LogP contribution is 2.24. The van der Waals surface area contributed by atoms with Crippen molar-refractivity contribution in [1.82, 2.24) is 14.8 Å². The fourth-order valence-corrected chi connectivity index (χ4v) is 3.18. The molecule has 1 N–H and O–H groups in total. The summed E-state index contributed by atoms with van der Waals surface area (Å²) in [5.41, 5.74) is 0.552. The van der Waals surface area contributed by atoms with Crippen molar-refractivity contribution in [2.75, 3.05) is 5.32 Å². The minimum absolute atomic E-state index is 0.0989. The molecule has 0 fully saturated rings. The first-order valence-electron chi connectivity index (χ1n) is 9.05. The molecule has 3 aromatic heterocycles. The van der Waals surface area contributed by atoms with Gasteiger partial charge in [-0.25, -0.2) is 9.67 Å². The Bertz CT molecular complexity index is 942. The predicted molar refractivity (Wildman–Crippen MR) is 108 cm³/mol. The zero-order valence-electron chi connectivity index (χ0n) is 16.4. The van der Waals surface area contributed by atoms with Gasteiger partial charge in [-0.1, -0.05) is 34.1 Å². The lowest BCUT2D eigenvalue weighted by Crippen LogP contribution is -2.30. The molecular weight excluding hydrogens is 364 g/mol. The lowest BCUT2D eigenvalue weighted by atomic mass is 10.2. The van der Waals surface area contributed by atoms with Crippen LogP contribution in [0, 0.1) is 12.8 Å². The van der Waals surface area contributed by atoms with Crippen molar-refractivity contribution in [3.05, 3.63) is 39.5 Å². The molecule has 3 rings (SSSR count). The summed E-state index contributed by atoms with van der Waals surface area (Å²) in [7, 11) is 0. The van der Waals surface area contributed by atoms with E-state index in [1.165, 1.54) is 34.9 Å². The first-order chi connectivity index (χ1) is 12.8. The average molecular weight is 391 g/mol. The Labute approximate surface area is 162 Å². The number of carbonyl (C=O) groups excluding carboxylic acids is 1. The molecule has 0 spiro atoms. The fraction of sp³-hybridized carbons (Fsp3) is 0.474. The molecule has 3 heterocycles. The van der Waals surface area contributed by atoms with Crippen LogP contribution in [0.25, 0.3) is 10.1 Å². The quantitative estimate of drug-likeness (QED) is 0.711. The number of aryl methyl sites for hydroxylation is 2. The molecule has 0 atom stereocenters. The molecule has 0 aliphatic rings. The normalized spacial score (nSPS) is 10.7. The second-order valence-corrected chi connectivity index (χ2v) is 7.81. The van der Waals surface area contributed by atoms with Gasteiger partial charge in [-0.2, -0.15) is 5.10 Å². The molecule has 8 heteroatoms. The predicted octanol–water partition coefficient (Wildman–Crippen LogP) is 4.01. The molecule has 0 radical (unpaired) electrons. The number of amides is 1. The van der Waals surface area contributed by atoms with Crippen molar-refractivity contribution in [1.29, 1.82) is 0 Å². The second-order valence-electron chi connectivity index (χ2n) is 6.55. The maximum Gasteiger partial charge on any atom is 0.301 e. The van der Waals surface area contributed by atoms with Crippen LogP contribution in [0.1, 0.15) is 44.7 Å². The lowest BCUT2D eigenvalue weighted by molar-refractivity contribution is -0.117. The summed E-state index contributed by atoms with van der Waals surface area (Å²) in [5, 5.41) is 7.65. The summed E-state index contributed by atoms with van der Waals surface area (Å²) in [6, 6.07) is 2.06. The minimum atomic E-state index is -0.410. The van der Waals surface area contributed by atoms with E-state index in [0.29, 0.717) is 11.1 Å². The van der Waals surface area contributed by atoms with Gasteiger partial charge >= 0.3 is 6.01 Å². The van der Waals surface area contributed by atoms with Crippen LogP contribution in [0.5, 0.6) is 0 Å². The molecule has 27 heavy (non-hydrogen) atoms.